The van der Waals surface area contributed by atoms with Gasteiger partial charge in [-0.2, -0.15) is 0 Å². The van der Waals surface area contributed by atoms with Crippen LogP contribution in [0.5, 0.6) is 0 Å². The average molecular weight is 197 g/mol. The normalized spacial score (nSPS) is 26.0. The maximum Gasteiger partial charge on any atom is 0.205 e. The van der Waals surface area contributed by atoms with Gasteiger partial charge in [0.05, 0.1) is 19.3 Å². The second-order valence-corrected chi connectivity index (χ2v) is 3.20. The van der Waals surface area contributed by atoms with Crippen LogP contribution >= 0.6 is 0 Å². The molecule has 0 bridgehead atoms. The van der Waals surface area contributed by atoms with Crippen molar-refractivity contribution in [2.24, 2.45) is 0 Å². The summed E-state index contributed by atoms with van der Waals surface area (Å²) >= 11 is 0. The van der Waals surface area contributed by atoms with Crippen LogP contribution in [0.4, 0.5) is 0 Å². The quantitative estimate of drug-likeness (QED) is 0.567. The first-order valence-corrected chi connectivity index (χ1v) is 4.77. The first-order chi connectivity index (χ1) is 6.95. The second-order valence-electron chi connectivity index (χ2n) is 3.20. The van der Waals surface area contributed by atoms with E-state index in [1.54, 1.807) is 6.20 Å². The monoisotopic (exact) mass is 197 g/mol. The summed E-state index contributed by atoms with van der Waals surface area (Å²) in [5, 5.41) is 3.32. The molecule has 2 heterocycles. The highest BCUT2D eigenvalue weighted by Crippen LogP contribution is 1.99. The summed E-state index contributed by atoms with van der Waals surface area (Å²) in [6.45, 7) is 3.03. The minimum atomic E-state index is 0.289. The van der Waals surface area contributed by atoms with Crippen molar-refractivity contribution in [2.75, 3.05) is 26.4 Å². The van der Waals surface area contributed by atoms with E-state index in [0.717, 1.165) is 25.6 Å². The van der Waals surface area contributed by atoms with E-state index in [2.05, 4.69) is 16.2 Å². The van der Waals surface area contributed by atoms with Crippen molar-refractivity contribution >= 4 is 0 Å². The molecule has 5 nitrogen and oxygen atoms in total. The van der Waals surface area contributed by atoms with Crippen LogP contribution in [0.2, 0.25) is 0 Å². The largest absolute Gasteiger partial charge is 0.476 e. The molecule has 2 rings (SSSR count). The minimum Gasteiger partial charge on any atom is -0.476 e. The molecule has 0 aromatic rings. The van der Waals surface area contributed by atoms with Gasteiger partial charge in [-0.25, -0.2) is 0 Å². The van der Waals surface area contributed by atoms with Gasteiger partial charge >= 0.3 is 0 Å². The third kappa shape index (κ3) is 2.65. The van der Waals surface area contributed by atoms with Crippen LogP contribution in [0.1, 0.15) is 0 Å². The lowest BCUT2D eigenvalue weighted by Crippen LogP contribution is -2.44. The number of allylic oxidation sites excluding steroid dienone is 2. The third-order valence-electron chi connectivity index (χ3n) is 2.06. The maximum atomic E-state index is 5.52. The van der Waals surface area contributed by atoms with Crippen molar-refractivity contribution in [2.45, 2.75) is 6.04 Å². The molecule has 2 aliphatic heterocycles. The minimum absolute atomic E-state index is 0.289. The smallest absolute Gasteiger partial charge is 0.205 e. The Hall–Kier alpha value is -1.20. The number of rotatable bonds is 3. The summed E-state index contributed by atoms with van der Waals surface area (Å²) < 4.78 is 10.8. The molecule has 0 spiro atoms. The van der Waals surface area contributed by atoms with Gasteiger partial charge in [0.1, 0.15) is 6.61 Å². The molecule has 1 atom stereocenters. The fourth-order valence-corrected chi connectivity index (χ4v) is 1.34. The lowest BCUT2D eigenvalue weighted by atomic mass is 10.3. The molecule has 5 heteroatoms. The predicted octanol–water partition coefficient (Wildman–Crippen LogP) is -0.546. The first-order valence-electron chi connectivity index (χ1n) is 4.77. The Bertz CT molecular complexity index is 234. The van der Waals surface area contributed by atoms with E-state index < -0.39 is 0 Å². The summed E-state index contributed by atoms with van der Waals surface area (Å²) in [6, 6.07) is 0.289. The van der Waals surface area contributed by atoms with E-state index in [-0.39, 0.29) is 6.04 Å². The molecule has 14 heavy (non-hydrogen) atoms. The van der Waals surface area contributed by atoms with Gasteiger partial charge < -0.3 is 20.2 Å². The molecule has 1 saturated heterocycles. The first kappa shape index (κ1) is 9.36. The summed E-state index contributed by atoms with van der Waals surface area (Å²) in [5.74, 6) is 0.736. The average Bonchev–Trinajstić information content (AvgIpc) is 2.29. The van der Waals surface area contributed by atoms with Gasteiger partial charge in [0, 0.05) is 18.8 Å². The highest BCUT2D eigenvalue weighted by Gasteiger charge is 2.13. The van der Waals surface area contributed by atoms with Crippen LogP contribution in [-0.4, -0.2) is 32.4 Å². The fourth-order valence-electron chi connectivity index (χ4n) is 1.34. The molecule has 0 amide bonds. The van der Waals surface area contributed by atoms with Gasteiger partial charge in [0.2, 0.25) is 5.88 Å². The van der Waals surface area contributed by atoms with Crippen LogP contribution in [-0.2, 0) is 9.47 Å². The standard InChI is InChI=1S/C9H15N3O2/c1-2-9(12-11-3-1)14-7-8-6-13-5-4-10-8/h1-3,8,10-12H,4-7H2. The topological polar surface area (TPSA) is 54.5 Å². The van der Waals surface area contributed by atoms with Gasteiger partial charge in [-0.05, 0) is 6.08 Å². The molecule has 1 fully saturated rings. The van der Waals surface area contributed by atoms with Crippen molar-refractivity contribution < 1.29 is 9.47 Å². The van der Waals surface area contributed by atoms with Crippen molar-refractivity contribution in [1.82, 2.24) is 16.2 Å². The summed E-state index contributed by atoms with van der Waals surface area (Å²) in [5.41, 5.74) is 5.74. The molecule has 1 unspecified atom stereocenters. The number of hydrazine groups is 1. The van der Waals surface area contributed by atoms with Crippen LogP contribution in [0.25, 0.3) is 0 Å². The molecule has 0 aromatic carbocycles. The van der Waals surface area contributed by atoms with Gasteiger partial charge in [0.25, 0.3) is 0 Å². The summed E-state index contributed by atoms with van der Waals surface area (Å²) in [6.07, 6.45) is 5.56. The van der Waals surface area contributed by atoms with Crippen LogP contribution in [0.3, 0.4) is 0 Å². The zero-order chi connectivity index (χ0) is 9.64. The van der Waals surface area contributed by atoms with Gasteiger partial charge in [0.15, 0.2) is 0 Å². The van der Waals surface area contributed by atoms with Crippen LogP contribution < -0.4 is 16.2 Å². The molecular formula is C9H15N3O2. The summed E-state index contributed by atoms with van der Waals surface area (Å²) in [7, 11) is 0. The predicted molar refractivity (Wildman–Crippen MR) is 52.1 cm³/mol. The Labute approximate surface area is 83.1 Å². The zero-order valence-corrected chi connectivity index (χ0v) is 7.95. The number of ether oxygens (including phenoxy) is 2. The molecule has 3 N–H and O–H groups in total. The van der Waals surface area contributed by atoms with Gasteiger partial charge in [-0.15, -0.1) is 0 Å². The molecule has 2 aliphatic rings. The highest BCUT2D eigenvalue weighted by atomic mass is 16.5. The SMILES string of the molecule is C1=CNNC(OCC2COCCN2)=C1. The second kappa shape index (κ2) is 4.88. The van der Waals surface area contributed by atoms with Crippen molar-refractivity contribution in [3.05, 3.63) is 24.2 Å². The zero-order valence-electron chi connectivity index (χ0n) is 7.95. The lowest BCUT2D eigenvalue weighted by Gasteiger charge is -2.24. The van der Waals surface area contributed by atoms with E-state index in [4.69, 9.17) is 9.47 Å². The Kier molecular flexibility index (Phi) is 3.26. The number of hydrogen-bond donors (Lipinski definition) is 3. The Morgan fingerprint density at radius 1 is 1.57 bits per heavy atom. The number of morpholine rings is 1. The Balaban J connectivity index is 1.70. The van der Waals surface area contributed by atoms with Gasteiger partial charge in [-0.1, -0.05) is 0 Å². The van der Waals surface area contributed by atoms with Gasteiger partial charge in [-0.3, -0.25) is 5.43 Å². The van der Waals surface area contributed by atoms with Crippen molar-refractivity contribution in [3.8, 4) is 0 Å². The molecule has 0 radical (unpaired) electrons. The molecular weight excluding hydrogens is 182 g/mol. The van der Waals surface area contributed by atoms with Crippen LogP contribution in [0, 0.1) is 0 Å². The van der Waals surface area contributed by atoms with E-state index in [1.807, 2.05) is 12.2 Å². The fraction of sp³-hybridized carbons (Fsp3) is 0.556. The summed E-state index contributed by atoms with van der Waals surface area (Å²) in [4.78, 5) is 0. The molecule has 0 aliphatic carbocycles. The Morgan fingerprint density at radius 2 is 2.57 bits per heavy atom. The molecule has 78 valence electrons. The third-order valence-corrected chi connectivity index (χ3v) is 2.06. The Morgan fingerprint density at radius 3 is 3.29 bits per heavy atom. The van der Waals surface area contributed by atoms with E-state index >= 15 is 0 Å². The van der Waals surface area contributed by atoms with E-state index in [0.29, 0.717) is 6.61 Å². The number of hydrogen-bond acceptors (Lipinski definition) is 5. The maximum absolute atomic E-state index is 5.52. The van der Waals surface area contributed by atoms with Crippen molar-refractivity contribution in [3.63, 3.8) is 0 Å². The molecule has 0 saturated carbocycles. The van der Waals surface area contributed by atoms with E-state index in [9.17, 15) is 0 Å². The van der Waals surface area contributed by atoms with Crippen LogP contribution in [0.15, 0.2) is 24.2 Å². The number of nitrogens with one attached hydrogen (secondary N) is 3. The highest BCUT2D eigenvalue weighted by molar-refractivity contribution is 5.09. The van der Waals surface area contributed by atoms with E-state index in [1.165, 1.54) is 0 Å². The van der Waals surface area contributed by atoms with Crippen molar-refractivity contribution in [1.29, 1.82) is 0 Å². The lowest BCUT2D eigenvalue weighted by molar-refractivity contribution is 0.0426. The molecule has 0 aromatic heterocycles.